The zero-order valence-corrected chi connectivity index (χ0v) is 17.2. The highest BCUT2D eigenvalue weighted by molar-refractivity contribution is 6.05. The van der Waals surface area contributed by atoms with Crippen LogP contribution in [0.3, 0.4) is 0 Å². The van der Waals surface area contributed by atoms with E-state index in [0.29, 0.717) is 31.1 Å². The number of carbonyl (C=O) groups is 1. The number of fused-ring (bicyclic) bond motifs is 1. The Morgan fingerprint density at radius 2 is 1.97 bits per heavy atom. The van der Waals surface area contributed by atoms with Crippen LogP contribution in [0, 0.1) is 5.92 Å². The fourth-order valence-electron chi connectivity index (χ4n) is 3.85. The second kappa shape index (κ2) is 7.46. The summed E-state index contributed by atoms with van der Waals surface area (Å²) in [5.74, 6) is 0.372. The van der Waals surface area contributed by atoms with Crippen molar-refractivity contribution in [2.24, 2.45) is 5.92 Å². The predicted molar refractivity (Wildman–Crippen MR) is 112 cm³/mol. The van der Waals surface area contributed by atoms with E-state index in [1.54, 1.807) is 23.1 Å². The second-order valence-corrected chi connectivity index (χ2v) is 8.83. The summed E-state index contributed by atoms with van der Waals surface area (Å²) in [6.07, 6.45) is 5.18. The molecule has 152 valence electrons. The van der Waals surface area contributed by atoms with Crippen molar-refractivity contribution in [2.45, 2.75) is 45.6 Å². The lowest BCUT2D eigenvalue weighted by Crippen LogP contribution is -2.40. The van der Waals surface area contributed by atoms with Gasteiger partial charge in [0.2, 0.25) is 0 Å². The number of piperidine rings is 1. The largest absolute Gasteiger partial charge is 0.345 e. The molecule has 0 bridgehead atoms. The fraction of sp³-hybridized carbons (Fsp3) is 0.455. The Labute approximate surface area is 169 Å². The Hall–Kier alpha value is -2.96. The molecule has 7 heteroatoms. The maximum absolute atomic E-state index is 13.0. The van der Waals surface area contributed by atoms with E-state index < -0.39 is 0 Å². The molecular weight excluding hydrogens is 366 g/mol. The molecule has 0 unspecified atom stereocenters. The van der Waals surface area contributed by atoms with Crippen LogP contribution in [0.4, 0.5) is 0 Å². The lowest BCUT2D eigenvalue weighted by atomic mass is 9.92. The van der Waals surface area contributed by atoms with Crippen LogP contribution in [0.25, 0.3) is 11.0 Å². The highest BCUT2D eigenvalue weighted by Gasteiger charge is 2.26. The third-order valence-corrected chi connectivity index (χ3v) is 5.65. The van der Waals surface area contributed by atoms with E-state index >= 15 is 0 Å². The number of nitrogens with zero attached hydrogens (tertiary/aromatic N) is 4. The van der Waals surface area contributed by atoms with Gasteiger partial charge in [0.1, 0.15) is 5.65 Å². The Morgan fingerprint density at radius 1 is 1.21 bits per heavy atom. The highest BCUT2D eigenvalue weighted by Crippen LogP contribution is 2.24. The fourth-order valence-corrected chi connectivity index (χ4v) is 3.85. The molecule has 1 saturated heterocycles. The SMILES string of the molecule is CC(C)(C)c1ccc(=O)n(CC2CCN(C(=O)c3c[nH]c4ncccc34)CC2)n1. The maximum Gasteiger partial charge on any atom is 0.266 e. The van der Waals surface area contributed by atoms with Gasteiger partial charge in [0.15, 0.2) is 0 Å². The van der Waals surface area contributed by atoms with Crippen LogP contribution < -0.4 is 5.56 Å². The molecule has 0 atom stereocenters. The number of amides is 1. The molecule has 0 saturated carbocycles. The van der Waals surface area contributed by atoms with Crippen molar-refractivity contribution in [3.05, 3.63) is 58.3 Å². The van der Waals surface area contributed by atoms with Gasteiger partial charge in [-0.2, -0.15) is 5.10 Å². The van der Waals surface area contributed by atoms with Crippen molar-refractivity contribution in [3.8, 4) is 0 Å². The molecular formula is C22H27N5O2. The number of hydrogen-bond acceptors (Lipinski definition) is 4. The molecule has 4 rings (SSSR count). The molecule has 1 N–H and O–H groups in total. The smallest absolute Gasteiger partial charge is 0.266 e. The normalized spacial score (nSPS) is 15.8. The van der Waals surface area contributed by atoms with Crippen molar-refractivity contribution < 1.29 is 4.79 Å². The van der Waals surface area contributed by atoms with Gasteiger partial charge in [-0.1, -0.05) is 20.8 Å². The molecule has 0 aromatic carbocycles. The molecule has 3 aromatic rings. The Bertz CT molecular complexity index is 1080. The first kappa shape index (κ1) is 19.4. The number of aromatic amines is 1. The summed E-state index contributed by atoms with van der Waals surface area (Å²) in [6, 6.07) is 7.18. The van der Waals surface area contributed by atoms with E-state index in [-0.39, 0.29) is 16.9 Å². The zero-order chi connectivity index (χ0) is 20.6. The van der Waals surface area contributed by atoms with Crippen LogP contribution in [-0.4, -0.2) is 43.6 Å². The maximum atomic E-state index is 13.0. The summed E-state index contributed by atoms with van der Waals surface area (Å²) < 4.78 is 1.59. The van der Waals surface area contributed by atoms with Gasteiger partial charge >= 0.3 is 0 Å². The highest BCUT2D eigenvalue weighted by atomic mass is 16.2. The Balaban J connectivity index is 1.42. The van der Waals surface area contributed by atoms with Crippen LogP contribution in [-0.2, 0) is 12.0 Å². The first-order chi connectivity index (χ1) is 13.8. The standard InChI is InChI=1S/C22H27N5O2/c1-22(2,3)18-6-7-19(28)27(25-18)14-15-8-11-26(12-9-15)21(29)17-13-24-20-16(17)5-4-10-23-20/h4-7,10,13,15H,8-9,11-12,14H2,1-3H3,(H,23,24). The van der Waals surface area contributed by atoms with Gasteiger partial charge in [-0.05, 0) is 37.0 Å². The van der Waals surface area contributed by atoms with Crippen molar-refractivity contribution in [1.82, 2.24) is 24.6 Å². The number of hydrogen-bond donors (Lipinski definition) is 1. The molecule has 1 amide bonds. The third-order valence-electron chi connectivity index (χ3n) is 5.65. The van der Waals surface area contributed by atoms with Gasteiger partial charge in [0, 0.05) is 48.9 Å². The minimum atomic E-state index is -0.0978. The molecule has 7 nitrogen and oxygen atoms in total. The van der Waals surface area contributed by atoms with E-state index in [1.807, 2.05) is 23.1 Å². The van der Waals surface area contributed by atoms with Crippen molar-refractivity contribution >= 4 is 16.9 Å². The van der Waals surface area contributed by atoms with E-state index in [0.717, 1.165) is 29.6 Å². The first-order valence-electron chi connectivity index (χ1n) is 10.1. The average molecular weight is 393 g/mol. The predicted octanol–water partition coefficient (Wildman–Crippen LogP) is 2.97. The summed E-state index contributed by atoms with van der Waals surface area (Å²) in [5, 5.41) is 5.44. The van der Waals surface area contributed by atoms with Gasteiger partial charge in [-0.25, -0.2) is 9.67 Å². The minimum absolute atomic E-state index is 0.0349. The summed E-state index contributed by atoms with van der Waals surface area (Å²) in [6.45, 7) is 8.24. The number of rotatable bonds is 3. The van der Waals surface area contributed by atoms with E-state index in [9.17, 15) is 9.59 Å². The lowest BCUT2D eigenvalue weighted by Gasteiger charge is -2.32. The summed E-state index contributed by atoms with van der Waals surface area (Å²) in [7, 11) is 0. The van der Waals surface area contributed by atoms with E-state index in [1.165, 1.54) is 0 Å². The van der Waals surface area contributed by atoms with Crippen molar-refractivity contribution in [1.29, 1.82) is 0 Å². The number of nitrogens with one attached hydrogen (secondary N) is 1. The van der Waals surface area contributed by atoms with Crippen molar-refractivity contribution in [2.75, 3.05) is 13.1 Å². The van der Waals surface area contributed by atoms with Gasteiger partial charge in [0.05, 0.1) is 11.3 Å². The van der Waals surface area contributed by atoms with Crippen LogP contribution in [0.2, 0.25) is 0 Å². The molecule has 1 aliphatic heterocycles. The lowest BCUT2D eigenvalue weighted by molar-refractivity contribution is 0.0682. The number of H-pyrrole nitrogens is 1. The quantitative estimate of drug-likeness (QED) is 0.741. The molecule has 0 spiro atoms. The van der Waals surface area contributed by atoms with Crippen LogP contribution in [0.5, 0.6) is 0 Å². The zero-order valence-electron chi connectivity index (χ0n) is 17.2. The van der Waals surface area contributed by atoms with Gasteiger partial charge < -0.3 is 9.88 Å². The number of pyridine rings is 1. The van der Waals surface area contributed by atoms with Crippen LogP contribution in [0.15, 0.2) is 41.5 Å². The minimum Gasteiger partial charge on any atom is -0.345 e. The van der Waals surface area contributed by atoms with Gasteiger partial charge in [0.25, 0.3) is 11.5 Å². The monoisotopic (exact) mass is 393 g/mol. The summed E-state index contributed by atoms with van der Waals surface area (Å²) in [5.41, 5.74) is 2.15. The molecule has 4 heterocycles. The number of carbonyl (C=O) groups excluding carboxylic acids is 1. The van der Waals surface area contributed by atoms with E-state index in [2.05, 4.69) is 35.8 Å². The number of likely N-dealkylation sites (tertiary alicyclic amines) is 1. The summed E-state index contributed by atoms with van der Waals surface area (Å²) >= 11 is 0. The summed E-state index contributed by atoms with van der Waals surface area (Å²) in [4.78, 5) is 34.4. The van der Waals surface area contributed by atoms with E-state index in [4.69, 9.17) is 0 Å². The van der Waals surface area contributed by atoms with Crippen LogP contribution in [0.1, 0.15) is 49.7 Å². The molecule has 1 fully saturated rings. The van der Waals surface area contributed by atoms with Gasteiger partial charge in [-0.15, -0.1) is 0 Å². The molecule has 1 aliphatic rings. The Morgan fingerprint density at radius 3 is 2.69 bits per heavy atom. The molecule has 29 heavy (non-hydrogen) atoms. The third kappa shape index (κ3) is 3.95. The molecule has 0 radical (unpaired) electrons. The van der Waals surface area contributed by atoms with Gasteiger partial charge in [-0.3, -0.25) is 9.59 Å². The average Bonchev–Trinajstić information content (AvgIpc) is 3.13. The van der Waals surface area contributed by atoms with Crippen LogP contribution >= 0.6 is 0 Å². The molecule has 3 aromatic heterocycles. The number of aromatic nitrogens is 4. The second-order valence-electron chi connectivity index (χ2n) is 8.83. The topological polar surface area (TPSA) is 83.9 Å². The molecule has 0 aliphatic carbocycles. The first-order valence-corrected chi connectivity index (χ1v) is 10.1. The Kier molecular flexibility index (Phi) is 4.98. The van der Waals surface area contributed by atoms with Crippen molar-refractivity contribution in [3.63, 3.8) is 0 Å².